The summed E-state index contributed by atoms with van der Waals surface area (Å²) < 4.78 is 54.2. The smallest absolute Gasteiger partial charge is 0.410 e. The van der Waals surface area contributed by atoms with Crippen molar-refractivity contribution in [2.45, 2.75) is 70.0 Å². The molecule has 6 rings (SSSR count). The summed E-state index contributed by atoms with van der Waals surface area (Å²) in [5.41, 5.74) is 1.96. The minimum Gasteiger partial charge on any atom is -0.482 e. The molecule has 1 spiro atoms. The van der Waals surface area contributed by atoms with Gasteiger partial charge >= 0.3 is 12.1 Å². The molecule has 11 nitrogen and oxygen atoms in total. The fourth-order valence-corrected chi connectivity index (χ4v) is 9.84. The third kappa shape index (κ3) is 8.46. The van der Waals surface area contributed by atoms with E-state index < -0.39 is 45.5 Å². The van der Waals surface area contributed by atoms with Crippen molar-refractivity contribution in [3.63, 3.8) is 0 Å². The number of carbonyl (C=O) groups excluding carboxylic acids is 1. The summed E-state index contributed by atoms with van der Waals surface area (Å²) in [5.74, 6) is 0.277. The molecule has 0 unspecified atom stereocenters. The molecular weight excluding hydrogens is 685 g/mol. The van der Waals surface area contributed by atoms with E-state index in [2.05, 4.69) is 6.58 Å². The number of nitrogens with zero attached hydrogens (tertiary/aromatic N) is 2. The Kier molecular flexibility index (Phi) is 11.6. The van der Waals surface area contributed by atoms with E-state index in [0.29, 0.717) is 74.7 Å². The highest BCUT2D eigenvalue weighted by Crippen LogP contribution is 2.54. The van der Waals surface area contributed by atoms with E-state index in [9.17, 15) is 23.1 Å². The van der Waals surface area contributed by atoms with Crippen molar-refractivity contribution in [3.8, 4) is 17.2 Å². The number of benzene rings is 3. The number of piperidine rings is 2. The van der Waals surface area contributed by atoms with Crippen LogP contribution in [0.25, 0.3) is 0 Å². The number of ether oxygens (including phenoxy) is 4. The molecule has 3 fully saturated rings. The van der Waals surface area contributed by atoms with Gasteiger partial charge in [0.15, 0.2) is 6.61 Å². The van der Waals surface area contributed by atoms with Crippen LogP contribution >= 0.6 is 0 Å². The predicted molar refractivity (Wildman–Crippen MR) is 196 cm³/mol. The molecular formula is C40H48N2O9S. The van der Waals surface area contributed by atoms with Gasteiger partial charge < -0.3 is 29.0 Å². The molecule has 4 atom stereocenters. The normalized spacial score (nSPS) is 24.3. The van der Waals surface area contributed by atoms with Gasteiger partial charge in [-0.3, -0.25) is 0 Å². The molecule has 52 heavy (non-hydrogen) atoms. The van der Waals surface area contributed by atoms with Crippen LogP contribution in [-0.2, 0) is 30.9 Å². The molecule has 1 amide bonds. The maximum Gasteiger partial charge on any atom is 0.410 e. The maximum atomic E-state index is 14.2. The number of amides is 1. The number of hydrogen-bond donors (Lipinski definition) is 1. The van der Waals surface area contributed by atoms with Crippen LogP contribution in [0, 0.1) is 11.3 Å². The van der Waals surface area contributed by atoms with Crippen LogP contribution in [0.3, 0.4) is 0 Å². The van der Waals surface area contributed by atoms with Crippen LogP contribution in [0.2, 0.25) is 0 Å². The summed E-state index contributed by atoms with van der Waals surface area (Å²) in [6.07, 6.45) is 1.51. The zero-order chi connectivity index (χ0) is 36.9. The van der Waals surface area contributed by atoms with Crippen LogP contribution < -0.4 is 9.47 Å². The number of hydrogen-bond acceptors (Lipinski definition) is 8. The summed E-state index contributed by atoms with van der Waals surface area (Å²) in [7, 11) is -3.66. The number of carboxylic acids is 1. The second kappa shape index (κ2) is 16.1. The molecule has 12 heteroatoms. The highest BCUT2D eigenvalue weighted by atomic mass is 32.2. The third-order valence-corrected chi connectivity index (χ3v) is 13.1. The maximum absolute atomic E-state index is 14.2. The van der Waals surface area contributed by atoms with Crippen LogP contribution in [0.15, 0.2) is 91.0 Å². The lowest BCUT2D eigenvalue weighted by atomic mass is 9.65. The molecule has 278 valence electrons. The molecule has 3 heterocycles. The Labute approximate surface area is 306 Å². The number of rotatable bonds is 11. The summed E-state index contributed by atoms with van der Waals surface area (Å²) >= 11 is 0. The van der Waals surface area contributed by atoms with E-state index >= 15 is 0 Å². The Balaban J connectivity index is 1.16. The Morgan fingerprint density at radius 2 is 1.67 bits per heavy atom. The third-order valence-electron chi connectivity index (χ3n) is 10.7. The van der Waals surface area contributed by atoms with E-state index in [1.807, 2.05) is 80.6 Å². The number of sulfonamides is 1. The van der Waals surface area contributed by atoms with Gasteiger partial charge in [0.05, 0.1) is 17.5 Å². The zero-order valence-corrected chi connectivity index (χ0v) is 30.6. The van der Waals surface area contributed by atoms with Crippen molar-refractivity contribution >= 4 is 22.1 Å². The molecule has 3 aliphatic heterocycles. The molecule has 3 saturated heterocycles. The molecule has 0 saturated carbocycles. The fourth-order valence-electron chi connectivity index (χ4n) is 7.79. The van der Waals surface area contributed by atoms with Crippen molar-refractivity contribution in [3.05, 3.63) is 102 Å². The first-order chi connectivity index (χ1) is 24.9. The van der Waals surface area contributed by atoms with Crippen LogP contribution in [-0.4, -0.2) is 78.9 Å². The van der Waals surface area contributed by atoms with Gasteiger partial charge in [-0.2, -0.15) is 0 Å². The summed E-state index contributed by atoms with van der Waals surface area (Å²) in [5, 5.41) is 8.79. The SMILES string of the molecule is C=C(C)[C@@H]1C[C@@]2(CCCN(S(=O)(=O)C3CCN(C(=O)OCc4ccccc4)CC3)C2)[C@@H](C)O[C@H]1c1cc(Oc2ccccc2)ccc1OCC(=O)O. The largest absolute Gasteiger partial charge is 0.482 e. The van der Waals surface area contributed by atoms with Crippen molar-refractivity contribution in [1.29, 1.82) is 0 Å². The molecule has 0 bridgehead atoms. The Hall–Kier alpha value is -4.39. The summed E-state index contributed by atoms with van der Waals surface area (Å²) in [6.45, 7) is 9.31. The lowest BCUT2D eigenvalue weighted by Crippen LogP contribution is -2.57. The molecule has 0 aromatic heterocycles. The van der Waals surface area contributed by atoms with Crippen LogP contribution in [0.1, 0.15) is 63.2 Å². The standard InChI is InChI=1S/C40H48N2O9S/c1-28(2)35-24-40(29(3)50-38(35)34-23-32(51-31-13-8-5-9-14-31)15-16-36(34)48-26-37(43)44)19-10-20-42(27-40)52(46,47)33-17-21-41(22-18-33)39(45)49-25-30-11-6-4-7-12-30/h4-9,11-16,23,29,33,35,38H,1,10,17-22,24-27H2,2-3H3,(H,43,44)/t29-,35+,38+,40-/m1/s1. The highest BCUT2D eigenvalue weighted by molar-refractivity contribution is 7.89. The van der Waals surface area contributed by atoms with Crippen molar-refractivity contribution in [2.75, 3.05) is 32.8 Å². The van der Waals surface area contributed by atoms with Gasteiger partial charge in [0.2, 0.25) is 10.0 Å². The van der Waals surface area contributed by atoms with Crippen molar-refractivity contribution in [2.24, 2.45) is 11.3 Å². The first kappa shape index (κ1) is 37.4. The monoisotopic (exact) mass is 732 g/mol. The van der Waals surface area contributed by atoms with E-state index in [0.717, 1.165) is 17.6 Å². The van der Waals surface area contributed by atoms with Gasteiger partial charge in [-0.25, -0.2) is 22.3 Å². The first-order valence-electron chi connectivity index (χ1n) is 17.9. The van der Waals surface area contributed by atoms with Gasteiger partial charge in [-0.05, 0) is 81.8 Å². The molecule has 3 aromatic rings. The molecule has 3 aliphatic rings. The van der Waals surface area contributed by atoms with E-state index in [4.69, 9.17) is 18.9 Å². The first-order valence-corrected chi connectivity index (χ1v) is 19.4. The molecule has 3 aromatic carbocycles. The lowest BCUT2D eigenvalue weighted by molar-refractivity contribution is -0.159. The average Bonchev–Trinajstić information content (AvgIpc) is 3.15. The Morgan fingerprint density at radius 1 is 0.981 bits per heavy atom. The zero-order valence-electron chi connectivity index (χ0n) is 29.8. The number of carbonyl (C=O) groups is 2. The van der Waals surface area contributed by atoms with Gasteiger partial charge in [0.25, 0.3) is 0 Å². The van der Waals surface area contributed by atoms with Gasteiger partial charge in [0, 0.05) is 43.1 Å². The van der Waals surface area contributed by atoms with E-state index in [-0.39, 0.29) is 18.6 Å². The number of carboxylic acid groups (broad SMARTS) is 1. The average molecular weight is 733 g/mol. The van der Waals surface area contributed by atoms with Crippen molar-refractivity contribution in [1.82, 2.24) is 9.21 Å². The molecule has 0 aliphatic carbocycles. The lowest BCUT2D eigenvalue weighted by Gasteiger charge is -2.53. The minimum absolute atomic E-state index is 0.170. The van der Waals surface area contributed by atoms with Gasteiger partial charge in [0.1, 0.15) is 23.9 Å². The number of para-hydroxylation sites is 1. The second-order valence-corrected chi connectivity index (χ2v) is 16.4. The van der Waals surface area contributed by atoms with Gasteiger partial charge in [-0.15, -0.1) is 0 Å². The van der Waals surface area contributed by atoms with E-state index in [1.165, 1.54) is 0 Å². The highest BCUT2D eigenvalue weighted by Gasteiger charge is 2.52. The Bertz CT molecular complexity index is 1830. The van der Waals surface area contributed by atoms with Gasteiger partial charge in [-0.1, -0.05) is 60.7 Å². The summed E-state index contributed by atoms with van der Waals surface area (Å²) in [4.78, 5) is 25.8. The van der Waals surface area contributed by atoms with Crippen molar-refractivity contribution < 1.29 is 42.1 Å². The molecule has 0 radical (unpaired) electrons. The van der Waals surface area contributed by atoms with E-state index in [1.54, 1.807) is 21.3 Å². The summed E-state index contributed by atoms with van der Waals surface area (Å²) in [6, 6.07) is 24.1. The van der Waals surface area contributed by atoms with Crippen LogP contribution in [0.5, 0.6) is 17.2 Å². The number of likely N-dealkylation sites (tertiary alicyclic amines) is 1. The Morgan fingerprint density at radius 3 is 2.35 bits per heavy atom. The molecule has 1 N–H and O–H groups in total. The quantitative estimate of drug-likeness (QED) is 0.203. The topological polar surface area (TPSA) is 132 Å². The second-order valence-electron chi connectivity index (χ2n) is 14.2. The fraction of sp³-hybridized carbons (Fsp3) is 0.450. The number of aliphatic carboxylic acids is 1. The predicted octanol–water partition coefficient (Wildman–Crippen LogP) is 7.20. The minimum atomic E-state index is -3.66. The van der Waals surface area contributed by atoms with Crippen LogP contribution in [0.4, 0.5) is 4.79 Å².